The minimum atomic E-state index is -0.110. The topological polar surface area (TPSA) is 26.3 Å². The number of carbonyl (C=O) groups excluding carboxylic acids is 1. The lowest BCUT2D eigenvalue weighted by molar-refractivity contribution is -0.211. The molecule has 0 bridgehead atoms. The second-order valence-electron chi connectivity index (χ2n) is 15.8. The van der Waals surface area contributed by atoms with Crippen LogP contribution in [-0.4, -0.2) is 12.1 Å². The van der Waals surface area contributed by atoms with Gasteiger partial charge in [0, 0.05) is 12.3 Å². The lowest BCUT2D eigenvalue weighted by Gasteiger charge is -2.71. The van der Waals surface area contributed by atoms with Crippen LogP contribution in [0.25, 0.3) is 0 Å². The van der Waals surface area contributed by atoms with Gasteiger partial charge in [-0.05, 0) is 109 Å². The van der Waals surface area contributed by atoms with Gasteiger partial charge >= 0.3 is 5.97 Å². The maximum absolute atomic E-state index is 11.9. The zero-order valence-corrected chi connectivity index (χ0v) is 23.8. The summed E-state index contributed by atoms with van der Waals surface area (Å²) >= 11 is 0. The fourth-order valence-electron chi connectivity index (χ4n) is 10.9. The maximum atomic E-state index is 11.9. The van der Waals surface area contributed by atoms with Gasteiger partial charge in [0.15, 0.2) is 0 Å². The van der Waals surface area contributed by atoms with Crippen molar-refractivity contribution in [3.63, 3.8) is 0 Å². The summed E-state index contributed by atoms with van der Waals surface area (Å²) in [6.07, 6.45) is 15.9. The molecule has 192 valence electrons. The Hall–Kier alpha value is -0.790. The molecule has 5 aliphatic carbocycles. The highest BCUT2D eigenvalue weighted by atomic mass is 16.5. The van der Waals surface area contributed by atoms with E-state index in [9.17, 15) is 4.79 Å². The molecule has 2 nitrogen and oxygen atoms in total. The van der Waals surface area contributed by atoms with Crippen LogP contribution in [0.2, 0.25) is 0 Å². The number of hydrogen-bond acceptors (Lipinski definition) is 2. The largest absolute Gasteiger partial charge is 0.462 e. The number of ether oxygens (including phenoxy) is 1. The molecule has 34 heavy (non-hydrogen) atoms. The van der Waals surface area contributed by atoms with Gasteiger partial charge in [0.25, 0.3) is 0 Å². The second kappa shape index (κ2) is 7.38. The SMILES string of the molecule is CC(=O)O[C@H]1CC[C@@]2(C)[C@@H](CC[C@]3(C)[C@H]2CC=C2[C@H]4CC(C)(C)CC[C@]4(C)CC[C@]23C)C1(C)C. The molecule has 0 amide bonds. The highest BCUT2D eigenvalue weighted by Crippen LogP contribution is 2.75. The molecule has 0 unspecified atom stereocenters. The Bertz CT molecular complexity index is 897. The van der Waals surface area contributed by atoms with Crippen LogP contribution < -0.4 is 0 Å². The molecule has 5 rings (SSSR count). The van der Waals surface area contributed by atoms with Crippen LogP contribution in [0.1, 0.15) is 127 Å². The standard InChI is InChI=1S/C32H52O2/c1-21(33)34-26-13-14-30(7)24(28(26,4)5)12-15-32(9)25(30)11-10-22-23-20-27(2,3)16-17-29(23,6)18-19-31(22,32)8/h10,23-26H,11-20H2,1-9H3/t23-,24+,25+,26+,29-,30+,31-,32-/m1/s1. The highest BCUT2D eigenvalue weighted by Gasteiger charge is 2.68. The van der Waals surface area contributed by atoms with Crippen molar-refractivity contribution in [2.24, 2.45) is 50.2 Å². The van der Waals surface area contributed by atoms with Crippen molar-refractivity contribution in [3.05, 3.63) is 11.6 Å². The van der Waals surface area contributed by atoms with Crippen LogP contribution in [0.15, 0.2) is 11.6 Å². The van der Waals surface area contributed by atoms with E-state index < -0.39 is 0 Å². The quantitative estimate of drug-likeness (QED) is 0.284. The van der Waals surface area contributed by atoms with Crippen LogP contribution in [-0.2, 0) is 9.53 Å². The average Bonchev–Trinajstić information content (AvgIpc) is 2.72. The molecular weight excluding hydrogens is 416 g/mol. The van der Waals surface area contributed by atoms with Gasteiger partial charge in [-0.25, -0.2) is 0 Å². The van der Waals surface area contributed by atoms with Crippen molar-refractivity contribution >= 4 is 5.97 Å². The second-order valence-corrected chi connectivity index (χ2v) is 15.8. The summed E-state index contributed by atoms with van der Waals surface area (Å²) in [4.78, 5) is 11.9. The van der Waals surface area contributed by atoms with E-state index in [2.05, 4.69) is 61.5 Å². The molecule has 0 spiro atoms. The van der Waals surface area contributed by atoms with Crippen molar-refractivity contribution in [1.82, 2.24) is 0 Å². The summed E-state index contributed by atoms with van der Waals surface area (Å²) in [6.45, 7) is 22.0. The molecule has 4 fully saturated rings. The van der Waals surface area contributed by atoms with Crippen LogP contribution in [0.4, 0.5) is 0 Å². The number of esters is 1. The Morgan fingerprint density at radius 2 is 1.53 bits per heavy atom. The molecule has 0 aromatic heterocycles. The number of rotatable bonds is 1. The van der Waals surface area contributed by atoms with Gasteiger partial charge in [-0.1, -0.05) is 67.0 Å². The van der Waals surface area contributed by atoms with E-state index >= 15 is 0 Å². The van der Waals surface area contributed by atoms with Gasteiger partial charge in [-0.15, -0.1) is 0 Å². The Kier molecular flexibility index (Phi) is 5.40. The molecule has 5 aliphatic rings. The molecule has 2 heteroatoms. The van der Waals surface area contributed by atoms with Crippen molar-refractivity contribution in [1.29, 1.82) is 0 Å². The smallest absolute Gasteiger partial charge is 0.302 e. The fourth-order valence-corrected chi connectivity index (χ4v) is 10.9. The molecule has 4 saturated carbocycles. The summed E-state index contributed by atoms with van der Waals surface area (Å²) in [5.41, 5.74) is 3.92. The third-order valence-corrected chi connectivity index (χ3v) is 13.3. The normalized spacial score (nSPS) is 51.1. The monoisotopic (exact) mass is 468 g/mol. The van der Waals surface area contributed by atoms with Crippen molar-refractivity contribution < 1.29 is 9.53 Å². The van der Waals surface area contributed by atoms with Crippen LogP contribution in [0.5, 0.6) is 0 Å². The molecule has 0 N–H and O–H groups in total. The van der Waals surface area contributed by atoms with E-state index in [1.54, 1.807) is 6.92 Å². The lowest BCUT2D eigenvalue weighted by Crippen LogP contribution is -2.64. The number of fused-ring (bicyclic) bond motifs is 7. The van der Waals surface area contributed by atoms with Gasteiger partial charge in [-0.3, -0.25) is 4.79 Å². The lowest BCUT2D eigenvalue weighted by atomic mass is 9.33. The molecule has 0 aromatic carbocycles. The zero-order valence-electron chi connectivity index (χ0n) is 23.8. The number of carbonyl (C=O) groups is 1. The molecule has 0 aromatic rings. The highest BCUT2D eigenvalue weighted by molar-refractivity contribution is 5.66. The first kappa shape index (κ1) is 24.9. The molecule has 8 atom stereocenters. The van der Waals surface area contributed by atoms with Crippen molar-refractivity contribution in [3.8, 4) is 0 Å². The van der Waals surface area contributed by atoms with Crippen molar-refractivity contribution in [2.75, 3.05) is 0 Å². The minimum Gasteiger partial charge on any atom is -0.462 e. The third-order valence-electron chi connectivity index (χ3n) is 13.3. The first-order valence-corrected chi connectivity index (χ1v) is 14.5. The fraction of sp³-hybridized carbons (Fsp3) is 0.906. The van der Waals surface area contributed by atoms with Crippen LogP contribution in [0, 0.1) is 50.2 Å². The molecule has 0 saturated heterocycles. The first-order valence-electron chi connectivity index (χ1n) is 14.5. The van der Waals surface area contributed by atoms with E-state index in [0.717, 1.165) is 18.3 Å². The average molecular weight is 469 g/mol. The Labute approximate surface area is 210 Å². The third kappa shape index (κ3) is 3.21. The number of hydrogen-bond donors (Lipinski definition) is 0. The van der Waals surface area contributed by atoms with E-state index in [-0.39, 0.29) is 17.5 Å². The Morgan fingerprint density at radius 3 is 2.21 bits per heavy atom. The van der Waals surface area contributed by atoms with E-state index in [1.165, 1.54) is 57.8 Å². The summed E-state index contributed by atoms with van der Waals surface area (Å²) < 4.78 is 5.91. The maximum Gasteiger partial charge on any atom is 0.302 e. The minimum absolute atomic E-state index is 0.0451. The van der Waals surface area contributed by atoms with Gasteiger partial charge < -0.3 is 4.74 Å². The van der Waals surface area contributed by atoms with Crippen molar-refractivity contribution in [2.45, 2.75) is 133 Å². The number of allylic oxidation sites excluding steroid dienone is 2. The summed E-state index contributed by atoms with van der Waals surface area (Å²) in [7, 11) is 0. The van der Waals surface area contributed by atoms with E-state index in [4.69, 9.17) is 4.74 Å². The van der Waals surface area contributed by atoms with Crippen LogP contribution >= 0.6 is 0 Å². The summed E-state index contributed by atoms with van der Waals surface area (Å²) in [5, 5.41) is 0. The molecule has 0 aliphatic heterocycles. The molecular formula is C32H52O2. The van der Waals surface area contributed by atoms with Gasteiger partial charge in [0.2, 0.25) is 0 Å². The Balaban J connectivity index is 1.53. The molecule has 0 radical (unpaired) electrons. The van der Waals surface area contributed by atoms with Gasteiger partial charge in [0.1, 0.15) is 6.10 Å². The van der Waals surface area contributed by atoms with Gasteiger partial charge in [-0.2, -0.15) is 0 Å². The Morgan fingerprint density at radius 1 is 0.853 bits per heavy atom. The predicted octanol–water partition coefficient (Wildman–Crippen LogP) is 8.74. The predicted molar refractivity (Wildman–Crippen MR) is 140 cm³/mol. The van der Waals surface area contributed by atoms with Gasteiger partial charge in [0.05, 0.1) is 0 Å². The molecule has 0 heterocycles. The van der Waals surface area contributed by atoms with E-state index in [1.807, 2.05) is 5.57 Å². The first-order chi connectivity index (χ1) is 15.6. The van der Waals surface area contributed by atoms with Crippen LogP contribution in [0.3, 0.4) is 0 Å². The summed E-state index contributed by atoms with van der Waals surface area (Å²) in [5.74, 6) is 2.01. The zero-order chi connectivity index (χ0) is 24.9. The summed E-state index contributed by atoms with van der Waals surface area (Å²) in [6, 6.07) is 0. The van der Waals surface area contributed by atoms with E-state index in [0.29, 0.717) is 33.0 Å².